The molecular formula is C20H30O3. The van der Waals surface area contributed by atoms with Gasteiger partial charge in [-0.25, -0.2) is 0 Å². The second kappa shape index (κ2) is 4.62. The average Bonchev–Trinajstić information content (AvgIpc) is 2.79. The SMILES string of the molecule is CC12CCC3(O1)C(=CCC1C(C)(C)CCCC13C)COC(=O)C2. The first-order valence-electron chi connectivity index (χ1n) is 9.26. The van der Waals surface area contributed by atoms with Crippen molar-refractivity contribution in [3.05, 3.63) is 11.6 Å². The van der Waals surface area contributed by atoms with E-state index in [1.54, 1.807) is 0 Å². The summed E-state index contributed by atoms with van der Waals surface area (Å²) < 4.78 is 12.4. The molecule has 2 heterocycles. The molecule has 3 fully saturated rings. The summed E-state index contributed by atoms with van der Waals surface area (Å²) in [6.07, 6.45) is 9.64. The van der Waals surface area contributed by atoms with E-state index in [4.69, 9.17) is 9.47 Å². The minimum absolute atomic E-state index is 0.111. The van der Waals surface area contributed by atoms with Gasteiger partial charge in [-0.05, 0) is 55.9 Å². The highest BCUT2D eigenvalue weighted by Crippen LogP contribution is 2.66. The lowest BCUT2D eigenvalue weighted by molar-refractivity contribution is -0.204. The normalized spacial score (nSPS) is 48.4. The molecule has 23 heavy (non-hydrogen) atoms. The first-order valence-corrected chi connectivity index (χ1v) is 9.26. The molecule has 3 heteroatoms. The number of carbonyl (C=O) groups excluding carboxylic acids is 1. The fourth-order valence-corrected chi connectivity index (χ4v) is 6.38. The standard InChI is InChI=1S/C20H30O3/c1-17(2)8-5-9-19(4)15(17)7-6-14-13-22-16(21)12-18(3)10-11-20(14,19)23-18/h6,15H,5,7-13H2,1-4H3. The van der Waals surface area contributed by atoms with Crippen molar-refractivity contribution in [3.8, 4) is 0 Å². The number of cyclic esters (lactones) is 1. The minimum Gasteiger partial charge on any atom is -0.461 e. The molecule has 2 bridgehead atoms. The largest absolute Gasteiger partial charge is 0.461 e. The fraction of sp³-hybridized carbons (Fsp3) is 0.850. The molecule has 4 aliphatic rings. The zero-order valence-corrected chi connectivity index (χ0v) is 15.0. The van der Waals surface area contributed by atoms with Gasteiger partial charge in [-0.3, -0.25) is 4.79 Å². The van der Waals surface area contributed by atoms with E-state index in [1.807, 2.05) is 0 Å². The van der Waals surface area contributed by atoms with Crippen LogP contribution >= 0.6 is 0 Å². The Kier molecular flexibility index (Phi) is 3.15. The van der Waals surface area contributed by atoms with Gasteiger partial charge in [-0.2, -0.15) is 0 Å². The van der Waals surface area contributed by atoms with Crippen LogP contribution in [-0.2, 0) is 14.3 Å². The molecule has 4 rings (SSSR count). The van der Waals surface area contributed by atoms with Crippen molar-refractivity contribution in [2.75, 3.05) is 6.61 Å². The van der Waals surface area contributed by atoms with Crippen LogP contribution in [0.4, 0.5) is 0 Å². The van der Waals surface area contributed by atoms with Crippen molar-refractivity contribution >= 4 is 5.97 Å². The second-order valence-electron chi connectivity index (χ2n) is 9.49. The van der Waals surface area contributed by atoms with Crippen LogP contribution in [0.5, 0.6) is 0 Å². The number of hydrogen-bond donors (Lipinski definition) is 0. The molecule has 0 aromatic heterocycles. The van der Waals surface area contributed by atoms with E-state index >= 15 is 0 Å². The molecule has 1 spiro atoms. The van der Waals surface area contributed by atoms with E-state index in [0.717, 1.165) is 19.3 Å². The highest BCUT2D eigenvalue weighted by atomic mass is 16.6. The third-order valence-corrected chi connectivity index (χ3v) is 7.60. The van der Waals surface area contributed by atoms with Crippen LogP contribution in [0, 0.1) is 16.7 Å². The fourth-order valence-electron chi connectivity index (χ4n) is 6.38. The van der Waals surface area contributed by atoms with Gasteiger partial charge < -0.3 is 9.47 Å². The number of esters is 1. The second-order valence-corrected chi connectivity index (χ2v) is 9.49. The Morgan fingerprint density at radius 3 is 2.65 bits per heavy atom. The van der Waals surface area contributed by atoms with E-state index in [-0.39, 0.29) is 22.6 Å². The van der Waals surface area contributed by atoms with Crippen molar-refractivity contribution < 1.29 is 14.3 Å². The van der Waals surface area contributed by atoms with Crippen molar-refractivity contribution in [3.63, 3.8) is 0 Å². The molecule has 0 radical (unpaired) electrons. The summed E-state index contributed by atoms with van der Waals surface area (Å²) in [4.78, 5) is 12.0. The van der Waals surface area contributed by atoms with E-state index in [9.17, 15) is 4.79 Å². The van der Waals surface area contributed by atoms with Gasteiger partial charge >= 0.3 is 5.97 Å². The van der Waals surface area contributed by atoms with Crippen LogP contribution in [0.15, 0.2) is 11.6 Å². The molecular weight excluding hydrogens is 288 g/mol. The summed E-state index contributed by atoms with van der Waals surface area (Å²) in [6, 6.07) is 0. The quantitative estimate of drug-likeness (QED) is 0.490. The van der Waals surface area contributed by atoms with E-state index in [1.165, 1.54) is 24.8 Å². The van der Waals surface area contributed by atoms with Gasteiger partial charge in [0.1, 0.15) is 6.61 Å². The molecule has 0 aromatic rings. The molecule has 1 saturated carbocycles. The lowest BCUT2D eigenvalue weighted by Crippen LogP contribution is -2.60. The van der Waals surface area contributed by atoms with Gasteiger partial charge in [-0.15, -0.1) is 0 Å². The third-order valence-electron chi connectivity index (χ3n) is 7.60. The summed E-state index contributed by atoms with van der Waals surface area (Å²) in [5, 5.41) is 0. The Morgan fingerprint density at radius 1 is 1.09 bits per heavy atom. The van der Waals surface area contributed by atoms with Gasteiger partial charge in [0.25, 0.3) is 0 Å². The number of rotatable bonds is 0. The maximum absolute atomic E-state index is 12.0. The lowest BCUT2D eigenvalue weighted by atomic mass is 9.46. The van der Waals surface area contributed by atoms with E-state index in [0.29, 0.717) is 24.4 Å². The Bertz CT molecular complexity index is 577. The smallest absolute Gasteiger partial charge is 0.309 e. The van der Waals surface area contributed by atoms with Crippen LogP contribution in [-0.4, -0.2) is 23.8 Å². The van der Waals surface area contributed by atoms with Crippen LogP contribution < -0.4 is 0 Å². The number of carbonyl (C=O) groups is 1. The van der Waals surface area contributed by atoms with Crippen LogP contribution in [0.25, 0.3) is 0 Å². The van der Waals surface area contributed by atoms with Crippen LogP contribution in [0.3, 0.4) is 0 Å². The molecule has 0 N–H and O–H groups in total. The predicted molar refractivity (Wildman–Crippen MR) is 89.0 cm³/mol. The molecule has 0 aromatic carbocycles. The monoisotopic (exact) mass is 318 g/mol. The first kappa shape index (κ1) is 15.7. The molecule has 2 aliphatic heterocycles. The van der Waals surface area contributed by atoms with Gasteiger partial charge in [-0.1, -0.05) is 33.3 Å². The zero-order valence-electron chi connectivity index (χ0n) is 15.0. The van der Waals surface area contributed by atoms with Crippen LogP contribution in [0.1, 0.15) is 72.6 Å². The number of hydrogen-bond acceptors (Lipinski definition) is 3. The maximum Gasteiger partial charge on any atom is 0.309 e. The Balaban J connectivity index is 1.84. The number of fused-ring (bicyclic) bond motifs is 2. The number of ether oxygens (including phenoxy) is 2. The molecule has 2 aliphatic carbocycles. The lowest BCUT2D eigenvalue weighted by Gasteiger charge is -2.61. The average molecular weight is 318 g/mol. The van der Waals surface area contributed by atoms with Crippen molar-refractivity contribution in [1.82, 2.24) is 0 Å². The van der Waals surface area contributed by atoms with E-state index in [2.05, 4.69) is 33.8 Å². The Labute approximate surface area is 139 Å². The summed E-state index contributed by atoms with van der Waals surface area (Å²) in [5.74, 6) is 0.533. The summed E-state index contributed by atoms with van der Waals surface area (Å²) in [6.45, 7) is 9.86. The first-order chi connectivity index (χ1) is 10.7. The maximum atomic E-state index is 12.0. The van der Waals surface area contributed by atoms with Crippen molar-refractivity contribution in [2.24, 2.45) is 16.7 Å². The van der Waals surface area contributed by atoms with Crippen LogP contribution in [0.2, 0.25) is 0 Å². The molecule has 4 atom stereocenters. The molecule has 0 amide bonds. The highest BCUT2D eigenvalue weighted by molar-refractivity contribution is 5.71. The molecule has 128 valence electrons. The molecule has 2 saturated heterocycles. The molecule has 3 nitrogen and oxygen atoms in total. The zero-order chi connectivity index (χ0) is 16.5. The third kappa shape index (κ3) is 2.01. The van der Waals surface area contributed by atoms with Gasteiger partial charge in [0.2, 0.25) is 0 Å². The van der Waals surface area contributed by atoms with Crippen molar-refractivity contribution in [2.45, 2.75) is 83.8 Å². The Morgan fingerprint density at radius 2 is 1.87 bits per heavy atom. The van der Waals surface area contributed by atoms with Gasteiger partial charge in [0.05, 0.1) is 17.6 Å². The summed E-state index contributed by atoms with van der Waals surface area (Å²) in [7, 11) is 0. The topological polar surface area (TPSA) is 35.5 Å². The summed E-state index contributed by atoms with van der Waals surface area (Å²) >= 11 is 0. The molecule has 4 unspecified atom stereocenters. The van der Waals surface area contributed by atoms with E-state index < -0.39 is 0 Å². The van der Waals surface area contributed by atoms with Gasteiger partial charge in [0, 0.05) is 5.41 Å². The number of allylic oxidation sites excluding steroid dienone is 1. The minimum atomic E-state index is -0.358. The van der Waals surface area contributed by atoms with Gasteiger partial charge in [0.15, 0.2) is 0 Å². The Hall–Kier alpha value is -0.830. The predicted octanol–water partition coefficient (Wildman–Crippen LogP) is 4.40. The van der Waals surface area contributed by atoms with Crippen molar-refractivity contribution in [1.29, 1.82) is 0 Å². The summed E-state index contributed by atoms with van der Waals surface area (Å²) in [5.41, 5.74) is 1.17. The highest BCUT2D eigenvalue weighted by Gasteiger charge is 2.66.